The predicted octanol–water partition coefficient (Wildman–Crippen LogP) is 4.84. The van der Waals surface area contributed by atoms with Gasteiger partial charge in [0.15, 0.2) is 0 Å². The molecule has 1 atom stereocenters. The molecule has 0 spiro atoms. The number of aryl methyl sites for hydroxylation is 2. The number of benzene rings is 1. The molecule has 2 heterocycles. The average Bonchev–Trinajstić information content (AvgIpc) is 2.91. The molecule has 4 nitrogen and oxygen atoms in total. The molecule has 24 heavy (non-hydrogen) atoms. The van der Waals surface area contributed by atoms with Crippen LogP contribution >= 0.6 is 0 Å². The SMILES string of the molecule is CCC(C)Nc1cc(C)nn2c(-c3ccc(OC)cc3)c(C)cc12. The van der Waals surface area contributed by atoms with Crippen LogP contribution in [0.1, 0.15) is 31.5 Å². The minimum Gasteiger partial charge on any atom is -0.497 e. The van der Waals surface area contributed by atoms with Gasteiger partial charge in [-0.05, 0) is 69.2 Å². The summed E-state index contributed by atoms with van der Waals surface area (Å²) in [7, 11) is 1.69. The van der Waals surface area contributed by atoms with Crippen molar-refractivity contribution in [2.75, 3.05) is 12.4 Å². The lowest BCUT2D eigenvalue weighted by Crippen LogP contribution is -2.14. The fraction of sp³-hybridized carbons (Fsp3) is 0.350. The normalized spacial score (nSPS) is 12.4. The predicted molar refractivity (Wildman–Crippen MR) is 100 cm³/mol. The van der Waals surface area contributed by atoms with Crippen molar-refractivity contribution in [1.82, 2.24) is 9.61 Å². The fourth-order valence-electron chi connectivity index (χ4n) is 2.97. The van der Waals surface area contributed by atoms with E-state index in [1.54, 1.807) is 7.11 Å². The monoisotopic (exact) mass is 323 g/mol. The van der Waals surface area contributed by atoms with Crippen molar-refractivity contribution in [3.8, 4) is 17.0 Å². The number of hydrogen-bond acceptors (Lipinski definition) is 3. The molecule has 3 rings (SSSR count). The molecule has 0 aliphatic rings. The molecule has 126 valence electrons. The quantitative estimate of drug-likeness (QED) is 0.730. The summed E-state index contributed by atoms with van der Waals surface area (Å²) < 4.78 is 7.32. The summed E-state index contributed by atoms with van der Waals surface area (Å²) >= 11 is 0. The van der Waals surface area contributed by atoms with Gasteiger partial charge in [-0.15, -0.1) is 0 Å². The second kappa shape index (κ2) is 6.56. The fourth-order valence-corrected chi connectivity index (χ4v) is 2.97. The zero-order valence-electron chi connectivity index (χ0n) is 15.1. The second-order valence-corrected chi connectivity index (χ2v) is 6.35. The van der Waals surface area contributed by atoms with E-state index in [0.29, 0.717) is 6.04 Å². The van der Waals surface area contributed by atoms with Crippen LogP contribution in [0, 0.1) is 13.8 Å². The Bertz CT molecular complexity index is 849. The van der Waals surface area contributed by atoms with Gasteiger partial charge in [-0.3, -0.25) is 0 Å². The molecule has 1 aromatic carbocycles. The largest absolute Gasteiger partial charge is 0.497 e. The lowest BCUT2D eigenvalue weighted by Gasteiger charge is -2.15. The first kappa shape index (κ1) is 16.4. The van der Waals surface area contributed by atoms with E-state index >= 15 is 0 Å². The Labute approximate surface area is 143 Å². The third-order valence-corrected chi connectivity index (χ3v) is 4.43. The lowest BCUT2D eigenvalue weighted by molar-refractivity contribution is 0.415. The molecule has 0 saturated heterocycles. The Morgan fingerprint density at radius 1 is 1.17 bits per heavy atom. The molecular weight excluding hydrogens is 298 g/mol. The van der Waals surface area contributed by atoms with Crippen molar-refractivity contribution in [1.29, 1.82) is 0 Å². The van der Waals surface area contributed by atoms with Crippen LogP contribution in [-0.4, -0.2) is 22.8 Å². The molecule has 0 bridgehead atoms. The first-order chi connectivity index (χ1) is 11.5. The molecule has 0 aliphatic carbocycles. The number of anilines is 1. The molecule has 1 unspecified atom stereocenters. The van der Waals surface area contributed by atoms with Gasteiger partial charge < -0.3 is 10.1 Å². The first-order valence-electron chi connectivity index (χ1n) is 8.44. The van der Waals surface area contributed by atoms with Crippen molar-refractivity contribution in [3.63, 3.8) is 0 Å². The van der Waals surface area contributed by atoms with Crippen LogP contribution in [0.3, 0.4) is 0 Å². The van der Waals surface area contributed by atoms with Crippen molar-refractivity contribution >= 4 is 11.2 Å². The van der Waals surface area contributed by atoms with Gasteiger partial charge in [0.25, 0.3) is 0 Å². The van der Waals surface area contributed by atoms with Crippen molar-refractivity contribution in [3.05, 3.63) is 47.7 Å². The lowest BCUT2D eigenvalue weighted by atomic mass is 10.1. The summed E-state index contributed by atoms with van der Waals surface area (Å²) in [5, 5.41) is 8.36. The maximum atomic E-state index is 5.27. The number of hydrogen-bond donors (Lipinski definition) is 1. The van der Waals surface area contributed by atoms with Crippen LogP contribution in [0.25, 0.3) is 16.8 Å². The standard InChI is InChI=1S/C20H25N3O/c1-6-14(3)21-18-12-15(4)22-23-19(18)11-13(2)20(23)16-7-9-17(24-5)10-8-16/h7-12,14,21H,6H2,1-5H3. The van der Waals surface area contributed by atoms with Crippen LogP contribution < -0.4 is 10.1 Å². The highest BCUT2D eigenvalue weighted by molar-refractivity contribution is 5.80. The first-order valence-corrected chi connectivity index (χ1v) is 8.44. The Morgan fingerprint density at radius 3 is 2.50 bits per heavy atom. The molecule has 0 amide bonds. The second-order valence-electron chi connectivity index (χ2n) is 6.35. The summed E-state index contributed by atoms with van der Waals surface area (Å²) in [6.07, 6.45) is 1.08. The van der Waals surface area contributed by atoms with E-state index in [1.807, 2.05) is 19.1 Å². The Morgan fingerprint density at radius 2 is 1.88 bits per heavy atom. The number of fused-ring (bicyclic) bond motifs is 1. The van der Waals surface area contributed by atoms with Crippen molar-refractivity contribution in [2.45, 2.75) is 40.2 Å². The van der Waals surface area contributed by atoms with Gasteiger partial charge in [0, 0.05) is 11.6 Å². The van der Waals surface area contributed by atoms with E-state index in [2.05, 4.69) is 54.9 Å². The molecular formula is C20H25N3O. The number of methoxy groups -OCH3 is 1. The van der Waals surface area contributed by atoms with Crippen LogP contribution in [0.4, 0.5) is 5.69 Å². The number of rotatable bonds is 5. The number of nitrogens with one attached hydrogen (secondary N) is 1. The third-order valence-electron chi connectivity index (χ3n) is 4.43. The molecule has 0 fully saturated rings. The molecule has 3 aromatic rings. The summed E-state index contributed by atoms with van der Waals surface area (Å²) in [4.78, 5) is 0. The van der Waals surface area contributed by atoms with E-state index in [0.717, 1.165) is 40.3 Å². The maximum absolute atomic E-state index is 5.27. The Kier molecular flexibility index (Phi) is 4.47. The molecule has 0 aliphatic heterocycles. The number of nitrogens with zero attached hydrogens (tertiary/aromatic N) is 2. The van der Waals surface area contributed by atoms with Crippen LogP contribution in [-0.2, 0) is 0 Å². The Balaban J connectivity index is 2.16. The Hall–Kier alpha value is -2.49. The minimum absolute atomic E-state index is 0.426. The number of aromatic nitrogens is 2. The van der Waals surface area contributed by atoms with Gasteiger partial charge in [-0.1, -0.05) is 6.92 Å². The highest BCUT2D eigenvalue weighted by Crippen LogP contribution is 2.31. The van der Waals surface area contributed by atoms with Gasteiger partial charge >= 0.3 is 0 Å². The van der Waals surface area contributed by atoms with E-state index in [9.17, 15) is 0 Å². The minimum atomic E-state index is 0.426. The average molecular weight is 323 g/mol. The van der Waals surface area contributed by atoms with Gasteiger partial charge in [0.05, 0.1) is 29.7 Å². The molecule has 2 aromatic heterocycles. The zero-order chi connectivity index (χ0) is 17.3. The van der Waals surface area contributed by atoms with Crippen LogP contribution in [0.2, 0.25) is 0 Å². The van der Waals surface area contributed by atoms with Gasteiger partial charge in [0.1, 0.15) is 5.75 Å². The topological polar surface area (TPSA) is 38.6 Å². The van der Waals surface area contributed by atoms with Gasteiger partial charge in [-0.25, -0.2) is 4.52 Å². The van der Waals surface area contributed by atoms with Crippen LogP contribution in [0.15, 0.2) is 36.4 Å². The number of ether oxygens (including phenoxy) is 1. The third kappa shape index (κ3) is 2.96. The van der Waals surface area contributed by atoms with Gasteiger partial charge in [0.2, 0.25) is 0 Å². The molecule has 4 heteroatoms. The summed E-state index contributed by atoms with van der Waals surface area (Å²) in [5.41, 5.74) is 6.73. The smallest absolute Gasteiger partial charge is 0.118 e. The summed E-state index contributed by atoms with van der Waals surface area (Å²) in [6.45, 7) is 8.56. The summed E-state index contributed by atoms with van der Waals surface area (Å²) in [5.74, 6) is 0.862. The molecule has 0 saturated carbocycles. The maximum Gasteiger partial charge on any atom is 0.118 e. The zero-order valence-corrected chi connectivity index (χ0v) is 15.1. The van der Waals surface area contributed by atoms with Crippen LogP contribution in [0.5, 0.6) is 5.75 Å². The van der Waals surface area contributed by atoms with Crippen molar-refractivity contribution < 1.29 is 4.74 Å². The van der Waals surface area contributed by atoms with E-state index in [4.69, 9.17) is 9.84 Å². The van der Waals surface area contributed by atoms with E-state index in [1.165, 1.54) is 5.56 Å². The van der Waals surface area contributed by atoms with E-state index in [-0.39, 0.29) is 0 Å². The highest BCUT2D eigenvalue weighted by atomic mass is 16.5. The van der Waals surface area contributed by atoms with Gasteiger partial charge in [-0.2, -0.15) is 5.10 Å². The van der Waals surface area contributed by atoms with Crippen molar-refractivity contribution in [2.24, 2.45) is 0 Å². The highest BCUT2D eigenvalue weighted by Gasteiger charge is 2.15. The molecule has 1 N–H and O–H groups in total. The van der Waals surface area contributed by atoms with E-state index < -0.39 is 0 Å². The summed E-state index contributed by atoms with van der Waals surface area (Å²) in [6, 6.07) is 12.9. The molecule has 0 radical (unpaired) electrons.